The Morgan fingerprint density at radius 2 is 1.63 bits per heavy atom. The van der Waals surface area contributed by atoms with E-state index in [9.17, 15) is 35.9 Å². The molecule has 3 rings (SSSR count). The lowest BCUT2D eigenvalue weighted by Crippen LogP contribution is -2.46. The molecule has 2 amide bonds. The first-order valence-corrected chi connectivity index (χ1v) is 10.5. The molecule has 0 bridgehead atoms. The lowest BCUT2D eigenvalue weighted by Gasteiger charge is -2.23. The second-order valence-electron chi connectivity index (χ2n) is 7.96. The molecule has 6 nitrogen and oxygen atoms in total. The van der Waals surface area contributed by atoms with Crippen molar-refractivity contribution in [2.75, 3.05) is 10.6 Å². The second-order valence-corrected chi connectivity index (χ2v) is 7.96. The number of alkyl halides is 6. The van der Waals surface area contributed by atoms with Crippen LogP contribution in [0.15, 0.2) is 42.5 Å². The molecule has 2 aromatic carbocycles. The van der Waals surface area contributed by atoms with Crippen LogP contribution in [0.1, 0.15) is 42.4 Å². The zero-order valence-corrected chi connectivity index (χ0v) is 18.2. The van der Waals surface area contributed by atoms with Crippen LogP contribution in [-0.4, -0.2) is 30.1 Å². The topological polar surface area (TPSA) is 94.0 Å². The molecule has 35 heavy (non-hydrogen) atoms. The maximum absolute atomic E-state index is 13.7. The Morgan fingerprint density at radius 1 is 1.03 bits per heavy atom. The maximum Gasteiger partial charge on any atom is 0.417 e. The van der Waals surface area contributed by atoms with E-state index in [1.807, 2.05) is 0 Å². The smallest absolute Gasteiger partial charge is 0.326 e. The summed E-state index contributed by atoms with van der Waals surface area (Å²) in [5.41, 5.74) is -1.59. The standard InChI is InChI=1S/C23H20F6N4O2/c1-2-19(34)31-14-5-7-15(8-6-14)32-21(35)18-10-16(20(33-18)23(27,28)29)12-3-4-13(11-30)17(9-12)22(24,25)26/h3-9,16,18,20,33H,2,10H2,1H3,(H,31,34)(H,32,35). The molecule has 3 N–H and O–H groups in total. The van der Waals surface area contributed by atoms with Crippen LogP contribution >= 0.6 is 0 Å². The number of nitrogens with zero attached hydrogens (tertiary/aromatic N) is 1. The number of hydrogen-bond acceptors (Lipinski definition) is 4. The Hall–Kier alpha value is -3.59. The number of nitriles is 1. The van der Waals surface area contributed by atoms with Crippen molar-refractivity contribution in [2.24, 2.45) is 0 Å². The average Bonchev–Trinajstić information content (AvgIpc) is 3.25. The van der Waals surface area contributed by atoms with Gasteiger partial charge in [-0.25, -0.2) is 0 Å². The highest BCUT2D eigenvalue weighted by Gasteiger charge is 2.52. The maximum atomic E-state index is 13.7. The van der Waals surface area contributed by atoms with E-state index in [0.29, 0.717) is 11.8 Å². The number of rotatable bonds is 5. The number of amides is 2. The van der Waals surface area contributed by atoms with Crippen LogP contribution in [0.25, 0.3) is 0 Å². The molecule has 1 saturated heterocycles. The minimum Gasteiger partial charge on any atom is -0.326 e. The van der Waals surface area contributed by atoms with E-state index in [0.717, 1.165) is 12.1 Å². The van der Waals surface area contributed by atoms with Gasteiger partial charge in [0.25, 0.3) is 0 Å². The fraction of sp³-hybridized carbons (Fsp3) is 0.348. The summed E-state index contributed by atoms with van der Waals surface area (Å²) in [5.74, 6) is -2.50. The molecule has 186 valence electrons. The van der Waals surface area contributed by atoms with Crippen molar-refractivity contribution >= 4 is 23.2 Å². The second kappa shape index (κ2) is 9.95. The van der Waals surface area contributed by atoms with Crippen LogP contribution in [0.4, 0.5) is 37.7 Å². The molecule has 0 saturated carbocycles. The lowest BCUT2D eigenvalue weighted by atomic mass is 9.88. The van der Waals surface area contributed by atoms with Gasteiger partial charge in [0.05, 0.1) is 23.2 Å². The minimum atomic E-state index is -4.93. The van der Waals surface area contributed by atoms with Crippen LogP contribution in [0, 0.1) is 11.3 Å². The van der Waals surface area contributed by atoms with Gasteiger partial charge >= 0.3 is 12.4 Å². The van der Waals surface area contributed by atoms with Crippen molar-refractivity contribution in [1.29, 1.82) is 5.26 Å². The molecule has 1 fully saturated rings. The number of nitrogens with one attached hydrogen (secondary N) is 3. The molecular formula is C23H20F6N4O2. The van der Waals surface area contributed by atoms with E-state index >= 15 is 0 Å². The molecule has 1 aliphatic heterocycles. The summed E-state index contributed by atoms with van der Waals surface area (Å²) in [6, 6.07) is 6.10. The number of halogens is 6. The van der Waals surface area contributed by atoms with Crippen molar-refractivity contribution in [2.45, 2.75) is 50.1 Å². The Labute approximate surface area is 196 Å². The Morgan fingerprint density at radius 3 is 2.14 bits per heavy atom. The predicted molar refractivity (Wildman–Crippen MR) is 114 cm³/mol. The molecule has 12 heteroatoms. The van der Waals surface area contributed by atoms with E-state index < -0.39 is 53.8 Å². The minimum absolute atomic E-state index is 0.224. The molecule has 1 aliphatic rings. The number of anilines is 2. The number of carbonyl (C=O) groups is 2. The predicted octanol–water partition coefficient (Wildman–Crippen LogP) is 4.94. The zero-order chi connectivity index (χ0) is 26.0. The summed E-state index contributed by atoms with van der Waals surface area (Å²) in [4.78, 5) is 24.1. The highest BCUT2D eigenvalue weighted by Crippen LogP contribution is 2.42. The summed E-state index contributed by atoms with van der Waals surface area (Å²) < 4.78 is 81.1. The molecular weight excluding hydrogens is 478 g/mol. The number of hydrogen-bond donors (Lipinski definition) is 3. The summed E-state index contributed by atoms with van der Waals surface area (Å²) >= 11 is 0. The molecule has 1 heterocycles. The Kier molecular flexibility index (Phi) is 7.40. The molecule has 3 atom stereocenters. The molecule has 3 unspecified atom stereocenters. The van der Waals surface area contributed by atoms with Gasteiger partial charge in [-0.3, -0.25) is 14.9 Å². The quantitative estimate of drug-likeness (QED) is 0.509. The Balaban J connectivity index is 1.81. The summed E-state index contributed by atoms with van der Waals surface area (Å²) in [5, 5.41) is 16.2. The van der Waals surface area contributed by atoms with Gasteiger partial charge in [-0.15, -0.1) is 0 Å². The fourth-order valence-electron chi connectivity index (χ4n) is 3.87. The van der Waals surface area contributed by atoms with Crippen molar-refractivity contribution in [3.63, 3.8) is 0 Å². The normalized spacial score (nSPS) is 20.2. The van der Waals surface area contributed by atoms with Crippen molar-refractivity contribution in [1.82, 2.24) is 5.32 Å². The van der Waals surface area contributed by atoms with Crippen LogP contribution < -0.4 is 16.0 Å². The van der Waals surface area contributed by atoms with Crippen LogP contribution in [0.3, 0.4) is 0 Å². The highest BCUT2D eigenvalue weighted by atomic mass is 19.4. The highest BCUT2D eigenvalue weighted by molar-refractivity contribution is 5.96. The van der Waals surface area contributed by atoms with Crippen LogP contribution in [-0.2, 0) is 15.8 Å². The van der Waals surface area contributed by atoms with Gasteiger partial charge in [-0.2, -0.15) is 31.6 Å². The van der Waals surface area contributed by atoms with E-state index in [4.69, 9.17) is 5.26 Å². The van der Waals surface area contributed by atoms with Gasteiger partial charge in [-0.1, -0.05) is 13.0 Å². The average molecular weight is 498 g/mol. The van der Waals surface area contributed by atoms with Crippen LogP contribution in [0.2, 0.25) is 0 Å². The van der Waals surface area contributed by atoms with Gasteiger partial charge < -0.3 is 10.6 Å². The van der Waals surface area contributed by atoms with Gasteiger partial charge in [0.15, 0.2) is 0 Å². The molecule has 0 radical (unpaired) electrons. The van der Waals surface area contributed by atoms with Gasteiger partial charge in [-0.05, 0) is 48.4 Å². The number of benzene rings is 2. The lowest BCUT2D eigenvalue weighted by molar-refractivity contribution is -0.156. The first-order valence-electron chi connectivity index (χ1n) is 10.5. The molecule has 0 aliphatic carbocycles. The van der Waals surface area contributed by atoms with Crippen molar-refractivity contribution < 1.29 is 35.9 Å². The van der Waals surface area contributed by atoms with E-state index in [1.54, 1.807) is 6.92 Å². The van der Waals surface area contributed by atoms with E-state index in [-0.39, 0.29) is 23.6 Å². The summed E-state index contributed by atoms with van der Waals surface area (Å²) in [6.45, 7) is 1.67. The largest absolute Gasteiger partial charge is 0.417 e. The monoisotopic (exact) mass is 498 g/mol. The molecule has 2 aromatic rings. The third kappa shape index (κ3) is 6.10. The number of carbonyl (C=O) groups excluding carboxylic acids is 2. The first-order chi connectivity index (χ1) is 16.3. The van der Waals surface area contributed by atoms with Gasteiger partial charge in [0, 0.05) is 23.7 Å². The molecule has 0 spiro atoms. The van der Waals surface area contributed by atoms with E-state index in [2.05, 4.69) is 16.0 Å². The molecule has 0 aromatic heterocycles. The third-order valence-electron chi connectivity index (χ3n) is 5.60. The van der Waals surface area contributed by atoms with Crippen molar-refractivity contribution in [3.05, 3.63) is 59.2 Å². The fourth-order valence-corrected chi connectivity index (χ4v) is 3.87. The zero-order valence-electron chi connectivity index (χ0n) is 18.2. The summed E-state index contributed by atoms with van der Waals surface area (Å²) in [6.07, 6.45) is -9.92. The first kappa shape index (κ1) is 26.0. The van der Waals surface area contributed by atoms with Crippen LogP contribution in [0.5, 0.6) is 0 Å². The Bertz CT molecular complexity index is 1140. The van der Waals surface area contributed by atoms with Gasteiger partial charge in [0.1, 0.15) is 6.04 Å². The SMILES string of the molecule is CCC(=O)Nc1ccc(NC(=O)C2CC(c3ccc(C#N)c(C(F)(F)F)c3)C(C(F)(F)F)N2)cc1. The summed E-state index contributed by atoms with van der Waals surface area (Å²) in [7, 11) is 0. The van der Waals surface area contributed by atoms with Gasteiger partial charge in [0.2, 0.25) is 11.8 Å². The third-order valence-corrected chi connectivity index (χ3v) is 5.60. The van der Waals surface area contributed by atoms with E-state index in [1.165, 1.54) is 30.3 Å². The van der Waals surface area contributed by atoms with Crippen molar-refractivity contribution in [3.8, 4) is 6.07 Å².